The monoisotopic (exact) mass is 351 g/mol. The van der Waals surface area contributed by atoms with E-state index in [1.807, 2.05) is 64.4 Å². The maximum Gasteiger partial charge on any atom is 0.253 e. The van der Waals surface area contributed by atoms with Crippen LogP contribution in [0.5, 0.6) is 0 Å². The predicted molar refractivity (Wildman–Crippen MR) is 102 cm³/mol. The highest BCUT2D eigenvalue weighted by molar-refractivity contribution is 5.94. The zero-order chi connectivity index (χ0) is 18.4. The second kappa shape index (κ2) is 8.63. The van der Waals surface area contributed by atoms with Crippen LogP contribution in [0.2, 0.25) is 0 Å². The minimum absolute atomic E-state index is 0.0395. The number of piperazine rings is 1. The van der Waals surface area contributed by atoms with Crippen molar-refractivity contribution in [3.8, 4) is 0 Å². The molecule has 0 radical (unpaired) electrons. The molecule has 1 aliphatic rings. The van der Waals surface area contributed by atoms with Crippen LogP contribution in [-0.4, -0.2) is 47.8 Å². The van der Waals surface area contributed by atoms with Gasteiger partial charge in [0.25, 0.3) is 5.91 Å². The highest BCUT2D eigenvalue weighted by Gasteiger charge is 2.24. The van der Waals surface area contributed by atoms with Crippen LogP contribution in [0, 0.1) is 0 Å². The summed E-state index contributed by atoms with van der Waals surface area (Å²) in [5.41, 5.74) is 8.55. The minimum atomic E-state index is 0.0395. The molecule has 5 heteroatoms. The average Bonchev–Trinajstić information content (AvgIpc) is 2.72. The van der Waals surface area contributed by atoms with Crippen LogP contribution < -0.4 is 5.73 Å². The third-order valence-corrected chi connectivity index (χ3v) is 4.83. The van der Waals surface area contributed by atoms with Crippen LogP contribution >= 0.6 is 0 Å². The Morgan fingerprint density at radius 2 is 1.38 bits per heavy atom. The minimum Gasteiger partial charge on any atom is -0.339 e. The first kappa shape index (κ1) is 18.1. The number of nitrogens with zero attached hydrogens (tertiary/aromatic N) is 2. The Labute approximate surface area is 154 Å². The van der Waals surface area contributed by atoms with E-state index in [9.17, 15) is 9.59 Å². The summed E-state index contributed by atoms with van der Waals surface area (Å²) in [5, 5.41) is 0. The van der Waals surface area contributed by atoms with Crippen LogP contribution in [-0.2, 0) is 17.8 Å². The van der Waals surface area contributed by atoms with Gasteiger partial charge in [-0.2, -0.15) is 0 Å². The van der Waals surface area contributed by atoms with E-state index >= 15 is 0 Å². The molecule has 0 unspecified atom stereocenters. The van der Waals surface area contributed by atoms with Crippen molar-refractivity contribution in [3.05, 3.63) is 71.3 Å². The van der Waals surface area contributed by atoms with Crippen molar-refractivity contribution in [1.82, 2.24) is 9.80 Å². The number of amides is 2. The standard InChI is InChI=1S/C21H25N3O2/c22-16-18-8-6-17(7-9-18)10-11-20(25)23-12-14-24(15-13-23)21(26)19-4-2-1-3-5-19/h1-9H,10-16,22H2. The van der Waals surface area contributed by atoms with E-state index in [0.717, 1.165) is 17.5 Å². The van der Waals surface area contributed by atoms with Gasteiger partial charge in [-0.1, -0.05) is 42.5 Å². The van der Waals surface area contributed by atoms with Gasteiger partial charge in [0, 0.05) is 44.7 Å². The molecule has 2 aromatic rings. The van der Waals surface area contributed by atoms with Gasteiger partial charge in [-0.05, 0) is 29.7 Å². The summed E-state index contributed by atoms with van der Waals surface area (Å²) in [6, 6.07) is 17.4. The smallest absolute Gasteiger partial charge is 0.253 e. The van der Waals surface area contributed by atoms with Gasteiger partial charge in [-0.25, -0.2) is 0 Å². The van der Waals surface area contributed by atoms with Crippen molar-refractivity contribution >= 4 is 11.8 Å². The van der Waals surface area contributed by atoms with Crippen molar-refractivity contribution in [2.24, 2.45) is 5.73 Å². The van der Waals surface area contributed by atoms with Gasteiger partial charge < -0.3 is 15.5 Å². The molecule has 0 aliphatic carbocycles. The highest BCUT2D eigenvalue weighted by atomic mass is 16.2. The zero-order valence-electron chi connectivity index (χ0n) is 14.9. The first-order chi connectivity index (χ1) is 12.7. The number of carbonyl (C=O) groups excluding carboxylic acids is 2. The van der Waals surface area contributed by atoms with Gasteiger partial charge in [0.15, 0.2) is 0 Å². The lowest BCUT2D eigenvalue weighted by atomic mass is 10.1. The summed E-state index contributed by atoms with van der Waals surface area (Å²) in [6.45, 7) is 2.91. The maximum absolute atomic E-state index is 12.5. The fourth-order valence-corrected chi connectivity index (χ4v) is 3.17. The Bertz CT molecular complexity index is 736. The summed E-state index contributed by atoms with van der Waals surface area (Å²) in [5.74, 6) is 0.192. The number of carbonyl (C=O) groups is 2. The molecule has 2 N–H and O–H groups in total. The first-order valence-corrected chi connectivity index (χ1v) is 9.07. The molecule has 136 valence electrons. The summed E-state index contributed by atoms with van der Waals surface area (Å²) >= 11 is 0. The Balaban J connectivity index is 1.46. The number of nitrogens with two attached hydrogens (primary N) is 1. The molecule has 0 aromatic heterocycles. The highest BCUT2D eigenvalue weighted by Crippen LogP contribution is 2.12. The number of hydrogen-bond donors (Lipinski definition) is 1. The van der Waals surface area contributed by atoms with Gasteiger partial charge in [-0.3, -0.25) is 9.59 Å². The number of benzene rings is 2. The quantitative estimate of drug-likeness (QED) is 0.897. The third-order valence-electron chi connectivity index (χ3n) is 4.83. The van der Waals surface area contributed by atoms with Crippen LogP contribution in [0.3, 0.4) is 0 Å². The SMILES string of the molecule is NCc1ccc(CCC(=O)N2CCN(C(=O)c3ccccc3)CC2)cc1. The molecule has 1 saturated heterocycles. The summed E-state index contributed by atoms with van der Waals surface area (Å²) in [7, 11) is 0. The Morgan fingerprint density at radius 1 is 0.808 bits per heavy atom. The molecular weight excluding hydrogens is 326 g/mol. The number of hydrogen-bond acceptors (Lipinski definition) is 3. The molecular formula is C21H25N3O2. The first-order valence-electron chi connectivity index (χ1n) is 9.07. The average molecular weight is 351 g/mol. The molecule has 0 bridgehead atoms. The largest absolute Gasteiger partial charge is 0.339 e. The van der Waals surface area contributed by atoms with Crippen molar-refractivity contribution in [1.29, 1.82) is 0 Å². The number of rotatable bonds is 5. The van der Waals surface area contributed by atoms with E-state index in [1.54, 1.807) is 0 Å². The molecule has 26 heavy (non-hydrogen) atoms. The molecule has 0 saturated carbocycles. The van der Waals surface area contributed by atoms with Gasteiger partial charge in [0.2, 0.25) is 5.91 Å². The molecule has 5 nitrogen and oxygen atoms in total. The van der Waals surface area contributed by atoms with Crippen molar-refractivity contribution in [2.45, 2.75) is 19.4 Å². The van der Waals surface area contributed by atoms with Gasteiger partial charge in [-0.15, -0.1) is 0 Å². The fourth-order valence-electron chi connectivity index (χ4n) is 3.17. The Morgan fingerprint density at radius 3 is 2.00 bits per heavy atom. The number of aryl methyl sites for hydroxylation is 1. The zero-order valence-corrected chi connectivity index (χ0v) is 14.9. The molecule has 0 atom stereocenters. The molecule has 1 fully saturated rings. The van der Waals surface area contributed by atoms with Gasteiger partial charge in [0.1, 0.15) is 0 Å². The summed E-state index contributed by atoms with van der Waals surface area (Å²) in [6.07, 6.45) is 1.22. The van der Waals surface area contributed by atoms with Crippen LogP contribution in [0.15, 0.2) is 54.6 Å². The van der Waals surface area contributed by atoms with Gasteiger partial charge in [0.05, 0.1) is 0 Å². The van der Waals surface area contributed by atoms with E-state index in [2.05, 4.69) is 0 Å². The summed E-state index contributed by atoms with van der Waals surface area (Å²) < 4.78 is 0. The molecule has 3 rings (SSSR count). The van der Waals surface area contributed by atoms with Crippen molar-refractivity contribution < 1.29 is 9.59 Å². The van der Waals surface area contributed by atoms with Gasteiger partial charge >= 0.3 is 0 Å². The molecule has 2 amide bonds. The van der Waals surface area contributed by atoms with E-state index in [0.29, 0.717) is 44.7 Å². The second-order valence-corrected chi connectivity index (χ2v) is 6.56. The molecule has 1 heterocycles. The van der Waals surface area contributed by atoms with E-state index in [1.165, 1.54) is 0 Å². The Hall–Kier alpha value is -2.66. The third kappa shape index (κ3) is 4.49. The molecule has 2 aromatic carbocycles. The lowest BCUT2D eigenvalue weighted by Gasteiger charge is -2.35. The lowest BCUT2D eigenvalue weighted by Crippen LogP contribution is -2.50. The van der Waals surface area contributed by atoms with Crippen LogP contribution in [0.1, 0.15) is 27.9 Å². The Kier molecular flexibility index (Phi) is 6.02. The predicted octanol–water partition coefficient (Wildman–Crippen LogP) is 2.06. The molecule has 1 aliphatic heterocycles. The fraction of sp³-hybridized carbons (Fsp3) is 0.333. The van der Waals surface area contributed by atoms with Crippen molar-refractivity contribution in [3.63, 3.8) is 0 Å². The van der Waals surface area contributed by atoms with Crippen LogP contribution in [0.25, 0.3) is 0 Å². The van der Waals surface area contributed by atoms with E-state index < -0.39 is 0 Å². The summed E-state index contributed by atoms with van der Waals surface area (Å²) in [4.78, 5) is 28.6. The van der Waals surface area contributed by atoms with Crippen LogP contribution in [0.4, 0.5) is 0 Å². The van der Waals surface area contributed by atoms with Crippen molar-refractivity contribution in [2.75, 3.05) is 26.2 Å². The molecule has 0 spiro atoms. The topological polar surface area (TPSA) is 66.6 Å². The second-order valence-electron chi connectivity index (χ2n) is 6.56. The lowest BCUT2D eigenvalue weighted by molar-refractivity contribution is -0.132. The van der Waals surface area contributed by atoms with E-state index in [4.69, 9.17) is 5.73 Å². The maximum atomic E-state index is 12.5. The van der Waals surface area contributed by atoms with E-state index in [-0.39, 0.29) is 11.8 Å². The normalized spacial score (nSPS) is 14.3.